The van der Waals surface area contributed by atoms with Crippen LogP contribution in [0.1, 0.15) is 41.6 Å². The number of carbonyl (C=O) groups excluding carboxylic acids is 2. The van der Waals surface area contributed by atoms with E-state index >= 15 is 0 Å². The van der Waals surface area contributed by atoms with Crippen LogP contribution in [0.3, 0.4) is 0 Å². The van der Waals surface area contributed by atoms with Crippen LogP contribution in [0, 0.1) is 18.7 Å². The van der Waals surface area contributed by atoms with Crippen LogP contribution in [0.4, 0.5) is 10.1 Å². The zero-order valence-corrected chi connectivity index (χ0v) is 21.6. The van der Waals surface area contributed by atoms with Gasteiger partial charge in [0, 0.05) is 17.8 Å². The Hall–Kier alpha value is -3.66. The number of nitrogens with zero attached hydrogens (tertiary/aromatic N) is 3. The van der Waals surface area contributed by atoms with Gasteiger partial charge in [0.2, 0.25) is 5.91 Å². The van der Waals surface area contributed by atoms with E-state index in [9.17, 15) is 14.0 Å². The molecular weight excluding hydrogens is 481 g/mol. The number of nitrogens with one attached hydrogen (secondary N) is 2. The molecule has 0 bridgehead atoms. The van der Waals surface area contributed by atoms with Gasteiger partial charge in [0.25, 0.3) is 5.91 Å². The topological polar surface area (TPSA) is 98.1 Å². The Labute approximate surface area is 214 Å². The maximum atomic E-state index is 13.5. The summed E-state index contributed by atoms with van der Waals surface area (Å²) in [6.45, 7) is 9.97. The highest BCUT2D eigenvalue weighted by Crippen LogP contribution is 2.26. The molecular formula is C26H30FN5O3S. The van der Waals surface area contributed by atoms with Gasteiger partial charge in [-0.25, -0.2) is 4.39 Å². The van der Waals surface area contributed by atoms with E-state index in [1.165, 1.54) is 23.9 Å². The van der Waals surface area contributed by atoms with Crippen LogP contribution in [0.25, 0.3) is 0 Å². The fourth-order valence-electron chi connectivity index (χ4n) is 3.48. The third kappa shape index (κ3) is 6.72. The molecule has 2 amide bonds. The normalized spacial score (nSPS) is 11.7. The number of rotatable bonds is 11. The van der Waals surface area contributed by atoms with Crippen molar-refractivity contribution in [1.82, 2.24) is 20.1 Å². The largest absolute Gasteiger partial charge is 0.497 e. The zero-order chi connectivity index (χ0) is 26.2. The van der Waals surface area contributed by atoms with Crippen LogP contribution < -0.4 is 15.4 Å². The van der Waals surface area contributed by atoms with Crippen molar-refractivity contribution in [1.29, 1.82) is 0 Å². The van der Waals surface area contributed by atoms with E-state index in [1.54, 1.807) is 50.4 Å². The van der Waals surface area contributed by atoms with Crippen molar-refractivity contribution in [3.05, 3.63) is 77.9 Å². The lowest BCUT2D eigenvalue weighted by Crippen LogP contribution is -2.33. The van der Waals surface area contributed by atoms with Gasteiger partial charge in [-0.3, -0.25) is 9.59 Å². The van der Waals surface area contributed by atoms with E-state index in [0.29, 0.717) is 34.5 Å². The number of aromatic nitrogens is 3. The van der Waals surface area contributed by atoms with Gasteiger partial charge < -0.3 is 19.9 Å². The lowest BCUT2D eigenvalue weighted by molar-refractivity contribution is -0.113. The molecule has 36 heavy (non-hydrogen) atoms. The standard InChI is InChI=1S/C26H30FN5O3S/c1-6-13-32-24(23(16(2)3)29-25(34)18-8-11-20(35-5)12-9-18)30-31-26(32)36-15-22(33)28-21-14-19(27)10-7-17(21)4/h6-12,14,16,23H,1,13,15H2,2-5H3,(H,28,33)(H,29,34)/t23-/m1/s1. The third-order valence-corrected chi connectivity index (χ3v) is 6.41. The first-order valence-electron chi connectivity index (χ1n) is 11.4. The number of ether oxygens (including phenoxy) is 1. The number of carbonyl (C=O) groups is 2. The first kappa shape index (κ1) is 26.9. The van der Waals surface area contributed by atoms with Gasteiger partial charge in [-0.15, -0.1) is 16.8 Å². The van der Waals surface area contributed by atoms with Gasteiger partial charge in [0.15, 0.2) is 11.0 Å². The smallest absolute Gasteiger partial charge is 0.251 e. The molecule has 2 aromatic carbocycles. The molecule has 2 N–H and O–H groups in total. The second-order valence-electron chi connectivity index (χ2n) is 8.46. The quantitative estimate of drug-likeness (QED) is 0.284. The van der Waals surface area contributed by atoms with E-state index < -0.39 is 11.9 Å². The summed E-state index contributed by atoms with van der Waals surface area (Å²) in [5, 5.41) is 14.9. The fraction of sp³-hybridized carbons (Fsp3) is 0.308. The number of halogens is 1. The predicted octanol–water partition coefficient (Wildman–Crippen LogP) is 4.78. The monoisotopic (exact) mass is 511 g/mol. The summed E-state index contributed by atoms with van der Waals surface area (Å²) in [4.78, 5) is 25.5. The van der Waals surface area contributed by atoms with Gasteiger partial charge in [0.1, 0.15) is 11.6 Å². The number of hydrogen-bond acceptors (Lipinski definition) is 6. The molecule has 10 heteroatoms. The molecule has 8 nitrogen and oxygen atoms in total. The molecule has 0 unspecified atom stereocenters. The van der Waals surface area contributed by atoms with Gasteiger partial charge in [-0.1, -0.05) is 37.8 Å². The highest BCUT2D eigenvalue weighted by atomic mass is 32.2. The molecule has 1 atom stereocenters. The Morgan fingerprint density at radius 3 is 2.56 bits per heavy atom. The van der Waals surface area contributed by atoms with Crippen LogP contribution in [0.2, 0.25) is 0 Å². The Morgan fingerprint density at radius 1 is 1.19 bits per heavy atom. The number of anilines is 1. The Morgan fingerprint density at radius 2 is 1.92 bits per heavy atom. The zero-order valence-electron chi connectivity index (χ0n) is 20.7. The van der Waals surface area contributed by atoms with Crippen molar-refractivity contribution in [3.8, 4) is 5.75 Å². The summed E-state index contributed by atoms with van der Waals surface area (Å²) in [7, 11) is 1.57. The summed E-state index contributed by atoms with van der Waals surface area (Å²) in [5.74, 6) is 0.328. The van der Waals surface area contributed by atoms with Gasteiger partial charge in [-0.2, -0.15) is 0 Å². The molecule has 0 saturated carbocycles. The maximum absolute atomic E-state index is 13.5. The molecule has 1 heterocycles. The van der Waals surface area contributed by atoms with Crippen molar-refractivity contribution in [2.24, 2.45) is 5.92 Å². The summed E-state index contributed by atoms with van der Waals surface area (Å²) in [6, 6.07) is 10.7. The van der Waals surface area contributed by atoms with E-state index in [1.807, 2.05) is 18.4 Å². The van der Waals surface area contributed by atoms with Crippen molar-refractivity contribution in [2.45, 2.75) is 38.5 Å². The number of hydrogen-bond donors (Lipinski definition) is 2. The number of amides is 2. The van der Waals surface area contributed by atoms with Crippen LogP contribution >= 0.6 is 11.8 Å². The second-order valence-corrected chi connectivity index (χ2v) is 9.40. The molecule has 0 fully saturated rings. The SMILES string of the molecule is C=CCn1c(SCC(=O)Nc2cc(F)ccc2C)nnc1[C@H](NC(=O)c1ccc(OC)cc1)C(C)C. The average molecular weight is 512 g/mol. The molecule has 190 valence electrons. The van der Waals surface area contributed by atoms with Crippen LogP contribution in [-0.4, -0.2) is 39.4 Å². The van der Waals surface area contributed by atoms with E-state index in [2.05, 4.69) is 27.4 Å². The molecule has 0 aliphatic rings. The number of aryl methyl sites for hydroxylation is 1. The Balaban J connectivity index is 1.75. The van der Waals surface area contributed by atoms with Crippen molar-refractivity contribution < 1.29 is 18.7 Å². The molecule has 0 aliphatic heterocycles. The van der Waals surface area contributed by atoms with Crippen molar-refractivity contribution in [3.63, 3.8) is 0 Å². The minimum atomic E-state index is -0.426. The summed E-state index contributed by atoms with van der Waals surface area (Å²) in [5.41, 5.74) is 1.68. The minimum Gasteiger partial charge on any atom is -0.497 e. The predicted molar refractivity (Wildman–Crippen MR) is 139 cm³/mol. The number of allylic oxidation sites excluding steroid dienone is 1. The maximum Gasteiger partial charge on any atom is 0.251 e. The Bertz CT molecular complexity index is 1230. The highest BCUT2D eigenvalue weighted by Gasteiger charge is 2.26. The number of methoxy groups -OCH3 is 1. The average Bonchev–Trinajstić information content (AvgIpc) is 3.25. The van der Waals surface area contributed by atoms with Crippen LogP contribution in [0.5, 0.6) is 5.75 Å². The van der Waals surface area contributed by atoms with E-state index in [0.717, 1.165) is 5.56 Å². The molecule has 3 rings (SSSR count). The van der Waals surface area contributed by atoms with Gasteiger partial charge >= 0.3 is 0 Å². The van der Waals surface area contributed by atoms with Crippen molar-refractivity contribution in [2.75, 3.05) is 18.2 Å². The molecule has 0 saturated heterocycles. The van der Waals surface area contributed by atoms with E-state index in [-0.39, 0.29) is 23.5 Å². The van der Waals surface area contributed by atoms with E-state index in [4.69, 9.17) is 4.74 Å². The molecule has 0 aliphatic carbocycles. The van der Waals surface area contributed by atoms with Gasteiger partial charge in [0.05, 0.1) is 18.9 Å². The first-order valence-corrected chi connectivity index (χ1v) is 12.4. The lowest BCUT2D eigenvalue weighted by atomic mass is 10.0. The third-order valence-electron chi connectivity index (χ3n) is 5.45. The summed E-state index contributed by atoms with van der Waals surface area (Å²) >= 11 is 1.20. The van der Waals surface area contributed by atoms with Crippen LogP contribution in [0.15, 0.2) is 60.3 Å². The van der Waals surface area contributed by atoms with Crippen LogP contribution in [-0.2, 0) is 11.3 Å². The molecule has 3 aromatic rings. The summed E-state index contributed by atoms with van der Waals surface area (Å²) in [6.07, 6.45) is 1.70. The Kier molecular flexibility index (Phi) is 9.24. The highest BCUT2D eigenvalue weighted by molar-refractivity contribution is 7.99. The second kappa shape index (κ2) is 12.3. The number of thioether (sulfide) groups is 1. The summed E-state index contributed by atoms with van der Waals surface area (Å²) < 4.78 is 20.5. The number of benzene rings is 2. The molecule has 1 aromatic heterocycles. The molecule has 0 spiro atoms. The van der Waals surface area contributed by atoms with Crippen molar-refractivity contribution >= 4 is 29.3 Å². The fourth-order valence-corrected chi connectivity index (χ4v) is 4.23. The first-order chi connectivity index (χ1) is 17.2. The molecule has 0 radical (unpaired) electrons. The van der Waals surface area contributed by atoms with Gasteiger partial charge in [-0.05, 0) is 54.8 Å². The lowest BCUT2D eigenvalue weighted by Gasteiger charge is -2.22. The minimum absolute atomic E-state index is 0.0112.